The molecule has 0 unspecified atom stereocenters. The van der Waals surface area contributed by atoms with Gasteiger partial charge in [-0.3, -0.25) is 9.59 Å². The van der Waals surface area contributed by atoms with Crippen LogP contribution in [-0.4, -0.2) is 29.7 Å². The van der Waals surface area contributed by atoms with E-state index in [2.05, 4.69) is 15.6 Å². The molecule has 0 spiro atoms. The lowest BCUT2D eigenvalue weighted by Crippen LogP contribution is -2.22. The average Bonchev–Trinajstić information content (AvgIpc) is 3.33. The van der Waals surface area contributed by atoms with Gasteiger partial charge in [0, 0.05) is 16.8 Å². The molecule has 6 nitrogen and oxygen atoms in total. The van der Waals surface area contributed by atoms with Crippen LogP contribution in [0, 0.1) is 0 Å². The molecule has 3 aromatic carbocycles. The number of nitrogens with zero attached hydrogens (tertiary/aromatic N) is 1. The number of rotatable bonds is 10. The van der Waals surface area contributed by atoms with Crippen LogP contribution in [-0.2, 0) is 15.3 Å². The number of thioether (sulfide) groups is 1. The Labute approximate surface area is 212 Å². The third-order valence-electron chi connectivity index (χ3n) is 5.17. The number of thiazole rings is 1. The number of benzene rings is 3. The number of nitrogens with one attached hydrogen (secondary N) is 2. The van der Waals surface area contributed by atoms with Crippen LogP contribution in [0.15, 0.2) is 90.3 Å². The minimum absolute atomic E-state index is 0.0857. The van der Waals surface area contributed by atoms with Crippen LogP contribution < -0.4 is 15.4 Å². The minimum atomic E-state index is -0.430. The Bertz CT molecular complexity index is 1210. The lowest BCUT2D eigenvalue weighted by molar-refractivity contribution is -0.117. The van der Waals surface area contributed by atoms with Gasteiger partial charge in [0.15, 0.2) is 5.13 Å². The second-order valence-corrected chi connectivity index (χ2v) is 9.50. The number of amides is 2. The molecule has 1 aromatic heterocycles. The Morgan fingerprint density at radius 2 is 1.54 bits per heavy atom. The molecule has 8 heteroatoms. The molecule has 0 fully saturated rings. The van der Waals surface area contributed by atoms with Crippen LogP contribution in [0.3, 0.4) is 0 Å². The smallest absolute Gasteiger partial charge is 0.238 e. The van der Waals surface area contributed by atoms with Crippen molar-refractivity contribution < 1.29 is 14.3 Å². The summed E-state index contributed by atoms with van der Waals surface area (Å²) >= 11 is 2.85. The van der Waals surface area contributed by atoms with E-state index in [0.717, 1.165) is 28.3 Å². The van der Waals surface area contributed by atoms with Crippen LogP contribution in [0.2, 0.25) is 0 Å². The summed E-state index contributed by atoms with van der Waals surface area (Å²) in [6.45, 7) is 0. The second kappa shape index (κ2) is 12.2. The lowest BCUT2D eigenvalue weighted by atomic mass is 9.90. The van der Waals surface area contributed by atoms with E-state index in [1.807, 2.05) is 66.0 Å². The molecule has 0 aliphatic rings. The van der Waals surface area contributed by atoms with E-state index in [0.29, 0.717) is 16.6 Å². The van der Waals surface area contributed by atoms with E-state index < -0.39 is 5.92 Å². The van der Waals surface area contributed by atoms with Crippen molar-refractivity contribution in [3.05, 3.63) is 107 Å². The maximum Gasteiger partial charge on any atom is 0.238 e. The largest absolute Gasteiger partial charge is 0.497 e. The third-order valence-corrected chi connectivity index (χ3v) is 6.94. The fraction of sp³-hybridized carbons (Fsp3) is 0.148. The number of methoxy groups -OCH3 is 1. The first-order chi connectivity index (χ1) is 17.1. The van der Waals surface area contributed by atoms with Crippen molar-refractivity contribution in [1.29, 1.82) is 0 Å². The molecule has 178 valence electrons. The Hall–Kier alpha value is -3.62. The van der Waals surface area contributed by atoms with Crippen molar-refractivity contribution in [3.63, 3.8) is 0 Å². The fourth-order valence-corrected chi connectivity index (χ4v) is 5.05. The van der Waals surface area contributed by atoms with Gasteiger partial charge in [-0.15, -0.1) is 23.1 Å². The summed E-state index contributed by atoms with van der Waals surface area (Å²) in [6.07, 6.45) is 0. The molecule has 0 aliphatic carbocycles. The molecule has 0 saturated heterocycles. The first kappa shape index (κ1) is 24.5. The topological polar surface area (TPSA) is 80.3 Å². The summed E-state index contributed by atoms with van der Waals surface area (Å²) in [7, 11) is 1.60. The van der Waals surface area contributed by atoms with Gasteiger partial charge in [0.25, 0.3) is 0 Å². The van der Waals surface area contributed by atoms with Crippen molar-refractivity contribution in [3.8, 4) is 5.75 Å². The van der Waals surface area contributed by atoms with Gasteiger partial charge in [0.2, 0.25) is 11.8 Å². The number of aromatic nitrogens is 1. The normalized spacial score (nSPS) is 10.7. The van der Waals surface area contributed by atoms with Gasteiger partial charge in [-0.2, -0.15) is 0 Å². The number of carbonyl (C=O) groups excluding carboxylic acids is 2. The fourth-order valence-electron chi connectivity index (χ4n) is 3.51. The van der Waals surface area contributed by atoms with Crippen molar-refractivity contribution >= 4 is 45.7 Å². The van der Waals surface area contributed by atoms with Crippen LogP contribution in [0.1, 0.15) is 22.7 Å². The zero-order valence-corrected chi connectivity index (χ0v) is 20.8. The summed E-state index contributed by atoms with van der Waals surface area (Å²) in [5.74, 6) is 0.967. The van der Waals surface area contributed by atoms with Gasteiger partial charge in [-0.25, -0.2) is 4.98 Å². The monoisotopic (exact) mass is 503 g/mol. The highest BCUT2D eigenvalue weighted by molar-refractivity contribution is 7.99. The molecule has 0 aliphatic heterocycles. The van der Waals surface area contributed by atoms with E-state index in [1.165, 1.54) is 23.1 Å². The van der Waals surface area contributed by atoms with E-state index in [1.54, 1.807) is 31.4 Å². The van der Waals surface area contributed by atoms with Crippen molar-refractivity contribution in [2.45, 2.75) is 11.7 Å². The van der Waals surface area contributed by atoms with Gasteiger partial charge < -0.3 is 15.4 Å². The zero-order chi connectivity index (χ0) is 24.5. The molecule has 1 heterocycles. The first-order valence-electron chi connectivity index (χ1n) is 11.0. The van der Waals surface area contributed by atoms with E-state index in [9.17, 15) is 9.59 Å². The molecular weight excluding hydrogens is 478 g/mol. The SMILES string of the molecule is COc1ccc(NC(=O)CSCc2csc(NC(=O)C(c3ccccc3)c3ccccc3)n2)cc1. The number of hydrogen-bond acceptors (Lipinski definition) is 6. The predicted octanol–water partition coefficient (Wildman–Crippen LogP) is 5.79. The van der Waals surface area contributed by atoms with Gasteiger partial charge in [-0.1, -0.05) is 60.7 Å². The van der Waals surface area contributed by atoms with Gasteiger partial charge >= 0.3 is 0 Å². The summed E-state index contributed by atoms with van der Waals surface area (Å²) in [5.41, 5.74) is 3.39. The Morgan fingerprint density at radius 1 is 0.914 bits per heavy atom. The Morgan fingerprint density at radius 3 is 2.14 bits per heavy atom. The van der Waals surface area contributed by atoms with Gasteiger partial charge in [0.1, 0.15) is 5.75 Å². The van der Waals surface area contributed by atoms with Crippen LogP contribution >= 0.6 is 23.1 Å². The third kappa shape index (κ3) is 6.94. The molecule has 4 rings (SSSR count). The molecule has 0 radical (unpaired) electrons. The van der Waals surface area contributed by atoms with E-state index in [-0.39, 0.29) is 11.8 Å². The van der Waals surface area contributed by atoms with E-state index in [4.69, 9.17) is 4.74 Å². The minimum Gasteiger partial charge on any atom is -0.497 e. The van der Waals surface area contributed by atoms with Crippen LogP contribution in [0.4, 0.5) is 10.8 Å². The Kier molecular flexibility index (Phi) is 8.53. The van der Waals surface area contributed by atoms with Gasteiger partial charge in [-0.05, 0) is 35.4 Å². The number of ether oxygens (including phenoxy) is 1. The molecule has 4 aromatic rings. The lowest BCUT2D eigenvalue weighted by Gasteiger charge is -2.17. The molecular formula is C27H25N3O3S2. The molecule has 2 amide bonds. The first-order valence-corrected chi connectivity index (χ1v) is 13.0. The molecule has 0 bridgehead atoms. The molecule has 35 heavy (non-hydrogen) atoms. The average molecular weight is 504 g/mol. The van der Waals surface area contributed by atoms with Crippen LogP contribution in [0.5, 0.6) is 5.75 Å². The summed E-state index contributed by atoms with van der Waals surface area (Å²) < 4.78 is 5.12. The van der Waals surface area contributed by atoms with Crippen molar-refractivity contribution in [2.75, 3.05) is 23.5 Å². The maximum absolute atomic E-state index is 13.2. The van der Waals surface area contributed by atoms with Crippen LogP contribution in [0.25, 0.3) is 0 Å². The number of anilines is 2. The highest BCUT2D eigenvalue weighted by atomic mass is 32.2. The molecule has 0 saturated carbocycles. The van der Waals surface area contributed by atoms with Gasteiger partial charge in [0.05, 0.1) is 24.5 Å². The molecule has 0 atom stereocenters. The maximum atomic E-state index is 13.2. The quantitative estimate of drug-likeness (QED) is 0.286. The second-order valence-electron chi connectivity index (χ2n) is 7.66. The van der Waals surface area contributed by atoms with E-state index >= 15 is 0 Å². The molecule has 2 N–H and O–H groups in total. The van der Waals surface area contributed by atoms with Crippen molar-refractivity contribution in [2.24, 2.45) is 0 Å². The van der Waals surface area contributed by atoms with Crippen molar-refractivity contribution in [1.82, 2.24) is 4.98 Å². The predicted molar refractivity (Wildman–Crippen MR) is 143 cm³/mol. The number of carbonyl (C=O) groups is 2. The summed E-state index contributed by atoms with van der Waals surface area (Å²) in [5, 5.41) is 8.29. The standard InChI is InChI=1S/C27H25N3O3S2/c1-33-23-14-12-21(13-15-23)28-24(31)18-34-16-22-17-35-27(29-22)30-26(32)25(19-8-4-2-5-9-19)20-10-6-3-7-11-20/h2-15,17,25H,16,18H2,1H3,(H,28,31)(H,29,30,32). The number of hydrogen-bond donors (Lipinski definition) is 2. The highest BCUT2D eigenvalue weighted by Gasteiger charge is 2.23. The zero-order valence-electron chi connectivity index (χ0n) is 19.1. The summed E-state index contributed by atoms with van der Waals surface area (Å²) in [4.78, 5) is 30.0. The highest BCUT2D eigenvalue weighted by Crippen LogP contribution is 2.27. The summed E-state index contributed by atoms with van der Waals surface area (Å²) in [6, 6.07) is 26.6. The Balaban J connectivity index is 1.31.